The van der Waals surface area contributed by atoms with Crippen molar-refractivity contribution < 1.29 is 32.2 Å². The Bertz CT molecular complexity index is 1840. The van der Waals surface area contributed by atoms with Gasteiger partial charge in [0.15, 0.2) is 0 Å². The van der Waals surface area contributed by atoms with Gasteiger partial charge in [0.2, 0.25) is 11.8 Å². The van der Waals surface area contributed by atoms with Crippen LogP contribution in [0.3, 0.4) is 0 Å². The van der Waals surface area contributed by atoms with Crippen LogP contribution in [0.1, 0.15) is 33.4 Å². The summed E-state index contributed by atoms with van der Waals surface area (Å²) >= 11 is 0. The number of carbonyl (C=O) groups is 2. The quantitative estimate of drug-likeness (QED) is 0.107. The molecule has 270 valence electrons. The van der Waals surface area contributed by atoms with Crippen LogP contribution in [-0.4, -0.2) is 74.2 Å². The molecule has 1 heterocycles. The number of alkyl halides is 3. The number of hydrogen-bond donors (Lipinski definition) is 0. The van der Waals surface area contributed by atoms with Crippen molar-refractivity contribution in [3.05, 3.63) is 143 Å². The average Bonchev–Trinajstić information content (AvgIpc) is 3.17. The molecule has 8 nitrogen and oxygen atoms in total. The van der Waals surface area contributed by atoms with E-state index in [1.807, 2.05) is 60.7 Å². The number of likely N-dealkylation sites (N-methyl/N-ethyl adjacent to an activating group) is 1. The lowest BCUT2D eigenvalue weighted by Crippen LogP contribution is -2.51. The fraction of sp³-hybridized carbons (Fsp3) is 0.293. The summed E-state index contributed by atoms with van der Waals surface area (Å²) in [5.41, 5.74) is 3.70. The molecule has 4 aromatic rings. The molecular weight excluding hydrogens is 669 g/mol. The smallest absolute Gasteiger partial charge is 0.378 e. The maximum absolute atomic E-state index is 14.3. The zero-order valence-corrected chi connectivity index (χ0v) is 29.0. The van der Waals surface area contributed by atoms with Gasteiger partial charge in [-0.1, -0.05) is 66.7 Å². The van der Waals surface area contributed by atoms with Crippen molar-refractivity contribution in [1.29, 1.82) is 5.26 Å². The first-order valence-corrected chi connectivity index (χ1v) is 17.0. The zero-order chi connectivity index (χ0) is 36.9. The molecule has 5 rings (SSSR count). The highest BCUT2D eigenvalue weighted by Crippen LogP contribution is 2.29. The maximum Gasteiger partial charge on any atom is 0.416 e. The van der Waals surface area contributed by atoms with E-state index in [2.05, 4.69) is 11.0 Å². The number of rotatable bonds is 14. The third kappa shape index (κ3) is 10.8. The van der Waals surface area contributed by atoms with Gasteiger partial charge in [-0.05, 0) is 64.7 Å². The molecule has 0 radical (unpaired) electrons. The normalized spacial score (nSPS) is 13.8. The molecule has 2 amide bonds. The van der Waals surface area contributed by atoms with E-state index in [-0.39, 0.29) is 38.6 Å². The summed E-state index contributed by atoms with van der Waals surface area (Å²) in [5.74, 6) is -0.756. The van der Waals surface area contributed by atoms with Crippen LogP contribution in [0.2, 0.25) is 0 Å². The van der Waals surface area contributed by atoms with Crippen molar-refractivity contribution in [2.75, 3.05) is 51.4 Å². The standard InChI is InChI=1S/C41H41F3N4O4/c1-46(20-23-52-30-35-9-5-8-34(26-35)28-45)40(50)38(27-32-6-3-2-4-7-32)48(29-33-12-17-37(18-13-33)47-21-24-51-25-22-47)39(49)19-14-31-10-15-36(16-11-31)41(42,43)44/h2-19,26,38H,20-25,27,29-30H2,1H3/b19-14+/t38-/m0/s1. The molecule has 0 saturated carbocycles. The third-order valence-corrected chi connectivity index (χ3v) is 8.81. The number of nitrogens with zero attached hydrogens (tertiary/aromatic N) is 4. The highest BCUT2D eigenvalue weighted by Gasteiger charge is 2.32. The van der Waals surface area contributed by atoms with Gasteiger partial charge in [-0.15, -0.1) is 0 Å². The zero-order valence-electron chi connectivity index (χ0n) is 29.0. The Morgan fingerprint density at radius 1 is 0.923 bits per heavy atom. The molecule has 0 unspecified atom stereocenters. The molecule has 1 aliphatic rings. The Labute approximate surface area is 302 Å². The summed E-state index contributed by atoms with van der Waals surface area (Å²) in [6.45, 7) is 3.69. The van der Waals surface area contributed by atoms with Gasteiger partial charge in [0, 0.05) is 51.4 Å². The van der Waals surface area contributed by atoms with Crippen molar-refractivity contribution in [3.8, 4) is 6.07 Å². The van der Waals surface area contributed by atoms with Crippen LogP contribution in [0.25, 0.3) is 6.08 Å². The molecule has 1 fully saturated rings. The van der Waals surface area contributed by atoms with E-state index < -0.39 is 23.7 Å². The second-order valence-corrected chi connectivity index (χ2v) is 12.5. The lowest BCUT2D eigenvalue weighted by molar-refractivity contribution is -0.143. The maximum atomic E-state index is 14.3. The Morgan fingerprint density at radius 3 is 2.29 bits per heavy atom. The van der Waals surface area contributed by atoms with Crippen LogP contribution in [0.15, 0.2) is 109 Å². The predicted octanol–water partition coefficient (Wildman–Crippen LogP) is 6.74. The molecule has 4 aromatic carbocycles. The monoisotopic (exact) mass is 710 g/mol. The minimum atomic E-state index is -4.48. The Morgan fingerprint density at radius 2 is 1.62 bits per heavy atom. The first-order valence-electron chi connectivity index (χ1n) is 17.0. The number of morpholine rings is 1. The molecule has 0 aliphatic carbocycles. The molecule has 1 saturated heterocycles. The van der Waals surface area contributed by atoms with Crippen LogP contribution < -0.4 is 4.90 Å². The largest absolute Gasteiger partial charge is 0.416 e. The van der Waals surface area contributed by atoms with Crippen molar-refractivity contribution in [2.24, 2.45) is 0 Å². The summed E-state index contributed by atoms with van der Waals surface area (Å²) in [6.07, 6.45) is -1.48. The lowest BCUT2D eigenvalue weighted by Gasteiger charge is -2.33. The number of carbonyl (C=O) groups excluding carboxylic acids is 2. The predicted molar refractivity (Wildman–Crippen MR) is 193 cm³/mol. The van der Waals surface area contributed by atoms with Crippen LogP contribution >= 0.6 is 0 Å². The average molecular weight is 711 g/mol. The number of halogens is 3. The number of nitriles is 1. The third-order valence-electron chi connectivity index (χ3n) is 8.81. The summed E-state index contributed by atoms with van der Waals surface area (Å²) in [7, 11) is 1.66. The van der Waals surface area contributed by atoms with Crippen LogP contribution in [0.5, 0.6) is 0 Å². The van der Waals surface area contributed by atoms with E-state index in [1.54, 1.807) is 30.1 Å². The Kier molecular flexibility index (Phi) is 13.2. The Balaban J connectivity index is 1.38. The molecule has 52 heavy (non-hydrogen) atoms. The first kappa shape index (κ1) is 37.8. The van der Waals surface area contributed by atoms with E-state index in [1.165, 1.54) is 29.2 Å². The van der Waals surface area contributed by atoms with Crippen LogP contribution in [0.4, 0.5) is 18.9 Å². The molecule has 0 bridgehead atoms. The highest BCUT2D eigenvalue weighted by atomic mass is 19.4. The van der Waals surface area contributed by atoms with Gasteiger partial charge in [-0.2, -0.15) is 18.4 Å². The topological polar surface area (TPSA) is 86.1 Å². The summed E-state index contributed by atoms with van der Waals surface area (Å²) in [4.78, 5) is 33.7. The van der Waals surface area contributed by atoms with Gasteiger partial charge in [0.05, 0.1) is 43.6 Å². The molecule has 1 aliphatic heterocycles. The molecule has 0 aromatic heterocycles. The van der Waals surface area contributed by atoms with Gasteiger partial charge in [0.1, 0.15) is 6.04 Å². The SMILES string of the molecule is CN(CCOCc1cccc(C#N)c1)C(=O)[C@H](Cc1ccccc1)N(Cc1ccc(N2CCOCC2)cc1)C(=O)/C=C/c1ccc(C(F)(F)F)cc1. The summed E-state index contributed by atoms with van der Waals surface area (Å²) in [5, 5.41) is 9.19. The highest BCUT2D eigenvalue weighted by molar-refractivity contribution is 5.95. The molecule has 11 heteroatoms. The fourth-order valence-electron chi connectivity index (χ4n) is 5.87. The molecule has 0 N–H and O–H groups in total. The number of benzene rings is 4. The minimum absolute atomic E-state index is 0.113. The molecular formula is C41H41F3N4O4. The molecule has 1 atom stereocenters. The van der Waals surface area contributed by atoms with E-state index in [9.17, 15) is 28.0 Å². The van der Waals surface area contributed by atoms with Gasteiger partial charge >= 0.3 is 6.18 Å². The van der Waals surface area contributed by atoms with Gasteiger partial charge in [-0.3, -0.25) is 9.59 Å². The van der Waals surface area contributed by atoms with E-state index >= 15 is 0 Å². The van der Waals surface area contributed by atoms with Gasteiger partial charge in [-0.25, -0.2) is 0 Å². The second-order valence-electron chi connectivity index (χ2n) is 12.5. The van der Waals surface area contributed by atoms with Crippen LogP contribution in [0, 0.1) is 11.3 Å². The second kappa shape index (κ2) is 18.2. The summed E-state index contributed by atoms with van der Waals surface area (Å²) in [6, 6.07) is 30.1. The minimum Gasteiger partial charge on any atom is -0.378 e. The number of hydrogen-bond acceptors (Lipinski definition) is 6. The van der Waals surface area contributed by atoms with Crippen molar-refractivity contribution >= 4 is 23.6 Å². The van der Waals surface area contributed by atoms with Gasteiger partial charge in [0.25, 0.3) is 0 Å². The molecule has 0 spiro atoms. The fourth-order valence-corrected chi connectivity index (χ4v) is 5.87. The van der Waals surface area contributed by atoms with Crippen molar-refractivity contribution in [1.82, 2.24) is 9.80 Å². The Hall–Kier alpha value is -5.44. The van der Waals surface area contributed by atoms with E-state index in [4.69, 9.17) is 9.47 Å². The van der Waals surface area contributed by atoms with Crippen molar-refractivity contribution in [2.45, 2.75) is 31.8 Å². The number of amides is 2. The van der Waals surface area contributed by atoms with E-state index in [0.29, 0.717) is 24.3 Å². The first-order chi connectivity index (χ1) is 25.1. The van der Waals surface area contributed by atoms with Crippen molar-refractivity contribution in [3.63, 3.8) is 0 Å². The van der Waals surface area contributed by atoms with E-state index in [0.717, 1.165) is 47.6 Å². The number of ether oxygens (including phenoxy) is 2. The lowest BCUT2D eigenvalue weighted by atomic mass is 10.0. The van der Waals surface area contributed by atoms with Crippen LogP contribution in [-0.2, 0) is 44.8 Å². The summed E-state index contributed by atoms with van der Waals surface area (Å²) < 4.78 is 50.8. The number of anilines is 1. The van der Waals surface area contributed by atoms with Gasteiger partial charge < -0.3 is 24.2 Å².